The maximum absolute atomic E-state index is 5.72. The van der Waals surface area contributed by atoms with Crippen molar-refractivity contribution in [2.45, 2.75) is 6.92 Å². The van der Waals surface area contributed by atoms with E-state index in [-0.39, 0.29) is 0 Å². The van der Waals surface area contributed by atoms with Crippen LogP contribution in [-0.2, 0) is 0 Å². The highest BCUT2D eigenvalue weighted by Crippen LogP contribution is 2.36. The van der Waals surface area contributed by atoms with Crippen LogP contribution in [0.3, 0.4) is 0 Å². The number of aryl methyl sites for hydroxylation is 1. The van der Waals surface area contributed by atoms with Crippen LogP contribution >= 0.6 is 0 Å². The second-order valence-electron chi connectivity index (χ2n) is 4.50. The van der Waals surface area contributed by atoms with Gasteiger partial charge in [-0.15, -0.1) is 0 Å². The molecule has 0 saturated heterocycles. The standard InChI is InChI=1S/C17H20O4/c1-13-7-9-14(10-8-13)20-11-12-21-17-15(18-2)5-4-6-16(17)19-3/h4-10H,11-12H2,1-3H3. The van der Waals surface area contributed by atoms with Crippen LogP contribution in [0.4, 0.5) is 0 Å². The lowest BCUT2D eigenvalue weighted by atomic mass is 10.2. The Labute approximate surface area is 125 Å². The molecule has 0 radical (unpaired) electrons. The molecule has 0 spiro atoms. The molecule has 0 heterocycles. The van der Waals surface area contributed by atoms with E-state index in [1.165, 1.54) is 5.56 Å². The van der Waals surface area contributed by atoms with E-state index in [1.807, 2.05) is 49.4 Å². The molecule has 21 heavy (non-hydrogen) atoms. The van der Waals surface area contributed by atoms with Crippen molar-refractivity contribution in [3.8, 4) is 23.0 Å². The lowest BCUT2D eigenvalue weighted by molar-refractivity contribution is 0.205. The van der Waals surface area contributed by atoms with E-state index >= 15 is 0 Å². The smallest absolute Gasteiger partial charge is 0.203 e. The molecule has 2 aromatic carbocycles. The Morgan fingerprint density at radius 3 is 1.90 bits per heavy atom. The van der Waals surface area contributed by atoms with Crippen LogP contribution in [-0.4, -0.2) is 27.4 Å². The topological polar surface area (TPSA) is 36.9 Å². The van der Waals surface area contributed by atoms with Gasteiger partial charge in [0.2, 0.25) is 5.75 Å². The molecule has 112 valence electrons. The normalized spacial score (nSPS) is 10.0. The molecule has 0 bridgehead atoms. The third-order valence-electron chi connectivity index (χ3n) is 3.00. The summed E-state index contributed by atoms with van der Waals surface area (Å²) in [6.07, 6.45) is 0. The highest BCUT2D eigenvalue weighted by atomic mass is 16.6. The van der Waals surface area contributed by atoms with Crippen molar-refractivity contribution in [3.63, 3.8) is 0 Å². The zero-order valence-electron chi connectivity index (χ0n) is 12.6. The Morgan fingerprint density at radius 2 is 1.33 bits per heavy atom. The molecule has 0 aliphatic carbocycles. The van der Waals surface area contributed by atoms with Crippen LogP contribution in [0.15, 0.2) is 42.5 Å². The van der Waals surface area contributed by atoms with Crippen LogP contribution in [0.25, 0.3) is 0 Å². The van der Waals surface area contributed by atoms with Crippen molar-refractivity contribution >= 4 is 0 Å². The van der Waals surface area contributed by atoms with Crippen LogP contribution in [0.2, 0.25) is 0 Å². The molecule has 0 N–H and O–H groups in total. The Hall–Kier alpha value is -2.36. The third kappa shape index (κ3) is 4.05. The van der Waals surface area contributed by atoms with Crippen LogP contribution in [0.1, 0.15) is 5.56 Å². The molecule has 4 heteroatoms. The predicted molar refractivity (Wildman–Crippen MR) is 81.7 cm³/mol. The number of rotatable bonds is 7. The van der Waals surface area contributed by atoms with Gasteiger partial charge in [0.15, 0.2) is 11.5 Å². The zero-order valence-corrected chi connectivity index (χ0v) is 12.6. The van der Waals surface area contributed by atoms with Gasteiger partial charge in [0.05, 0.1) is 14.2 Å². The van der Waals surface area contributed by atoms with Gasteiger partial charge in [0.25, 0.3) is 0 Å². The fourth-order valence-corrected chi connectivity index (χ4v) is 1.90. The number of methoxy groups -OCH3 is 2. The molecule has 4 nitrogen and oxygen atoms in total. The van der Waals surface area contributed by atoms with Crippen LogP contribution in [0.5, 0.6) is 23.0 Å². The average molecular weight is 288 g/mol. The first-order chi connectivity index (χ1) is 10.2. The Bertz CT molecular complexity index is 541. The summed E-state index contributed by atoms with van der Waals surface area (Å²) in [5.74, 6) is 2.71. The monoisotopic (exact) mass is 288 g/mol. The summed E-state index contributed by atoms with van der Waals surface area (Å²) in [6.45, 7) is 2.90. The van der Waals surface area contributed by atoms with Gasteiger partial charge < -0.3 is 18.9 Å². The fraction of sp³-hybridized carbons (Fsp3) is 0.294. The molecule has 0 saturated carbocycles. The molecular formula is C17H20O4. The minimum atomic E-state index is 0.407. The van der Waals surface area contributed by atoms with Gasteiger partial charge in [-0.3, -0.25) is 0 Å². The van der Waals surface area contributed by atoms with Gasteiger partial charge in [-0.25, -0.2) is 0 Å². The molecule has 0 fully saturated rings. The lowest BCUT2D eigenvalue weighted by Gasteiger charge is -2.14. The second-order valence-corrected chi connectivity index (χ2v) is 4.50. The first-order valence-corrected chi connectivity index (χ1v) is 6.78. The van der Waals surface area contributed by atoms with E-state index in [9.17, 15) is 0 Å². The zero-order chi connectivity index (χ0) is 15.1. The van der Waals surface area contributed by atoms with E-state index in [1.54, 1.807) is 14.2 Å². The maximum Gasteiger partial charge on any atom is 0.203 e. The van der Waals surface area contributed by atoms with E-state index in [4.69, 9.17) is 18.9 Å². The fourth-order valence-electron chi connectivity index (χ4n) is 1.90. The Kier molecular flexibility index (Phi) is 5.32. The van der Waals surface area contributed by atoms with Crippen LogP contribution in [0, 0.1) is 6.92 Å². The highest BCUT2D eigenvalue weighted by Gasteiger charge is 2.10. The molecule has 0 amide bonds. The maximum atomic E-state index is 5.72. The van der Waals surface area contributed by atoms with Crippen LogP contribution < -0.4 is 18.9 Å². The largest absolute Gasteiger partial charge is 0.493 e. The highest BCUT2D eigenvalue weighted by molar-refractivity contribution is 5.51. The second kappa shape index (κ2) is 7.43. The number of para-hydroxylation sites is 1. The van der Waals surface area contributed by atoms with E-state index in [0.29, 0.717) is 30.5 Å². The summed E-state index contributed by atoms with van der Waals surface area (Å²) in [6, 6.07) is 13.4. The number of hydrogen-bond donors (Lipinski definition) is 0. The van der Waals surface area contributed by atoms with Crippen molar-refractivity contribution < 1.29 is 18.9 Å². The molecule has 0 aromatic heterocycles. The summed E-state index contributed by atoms with van der Waals surface area (Å²) in [4.78, 5) is 0. The first kappa shape index (κ1) is 15.0. The van der Waals surface area contributed by atoms with Crippen molar-refractivity contribution in [1.82, 2.24) is 0 Å². The van der Waals surface area contributed by atoms with Crippen molar-refractivity contribution in [2.75, 3.05) is 27.4 Å². The van der Waals surface area contributed by atoms with E-state index in [2.05, 4.69) is 0 Å². The molecule has 0 atom stereocenters. The predicted octanol–water partition coefficient (Wildman–Crippen LogP) is 3.47. The Balaban J connectivity index is 1.90. The third-order valence-corrected chi connectivity index (χ3v) is 3.00. The minimum Gasteiger partial charge on any atom is -0.493 e. The van der Waals surface area contributed by atoms with Gasteiger partial charge in [0.1, 0.15) is 19.0 Å². The van der Waals surface area contributed by atoms with E-state index < -0.39 is 0 Å². The van der Waals surface area contributed by atoms with Gasteiger partial charge in [-0.05, 0) is 31.2 Å². The summed E-state index contributed by atoms with van der Waals surface area (Å²) in [5, 5.41) is 0. The molecular weight excluding hydrogens is 268 g/mol. The summed E-state index contributed by atoms with van der Waals surface area (Å²) in [5.41, 5.74) is 1.21. The first-order valence-electron chi connectivity index (χ1n) is 6.78. The quantitative estimate of drug-likeness (QED) is 0.731. The van der Waals surface area contributed by atoms with E-state index in [0.717, 1.165) is 5.75 Å². The number of ether oxygens (including phenoxy) is 4. The molecule has 0 unspecified atom stereocenters. The Morgan fingerprint density at radius 1 is 0.762 bits per heavy atom. The summed E-state index contributed by atoms with van der Waals surface area (Å²) >= 11 is 0. The summed E-state index contributed by atoms with van der Waals surface area (Å²) in [7, 11) is 3.20. The molecule has 2 aromatic rings. The van der Waals surface area contributed by atoms with Gasteiger partial charge in [0, 0.05) is 0 Å². The number of benzene rings is 2. The van der Waals surface area contributed by atoms with Crippen molar-refractivity contribution in [3.05, 3.63) is 48.0 Å². The SMILES string of the molecule is COc1cccc(OC)c1OCCOc1ccc(C)cc1. The molecule has 0 aliphatic rings. The molecule has 0 aliphatic heterocycles. The van der Waals surface area contributed by atoms with Gasteiger partial charge in [-0.1, -0.05) is 23.8 Å². The van der Waals surface area contributed by atoms with Gasteiger partial charge >= 0.3 is 0 Å². The lowest BCUT2D eigenvalue weighted by Crippen LogP contribution is -2.10. The molecule has 2 rings (SSSR count). The van der Waals surface area contributed by atoms with Crippen molar-refractivity contribution in [1.29, 1.82) is 0 Å². The average Bonchev–Trinajstić information content (AvgIpc) is 2.53. The summed E-state index contributed by atoms with van der Waals surface area (Å²) < 4.78 is 21.9. The number of hydrogen-bond acceptors (Lipinski definition) is 4. The van der Waals surface area contributed by atoms with Crippen molar-refractivity contribution in [2.24, 2.45) is 0 Å². The minimum absolute atomic E-state index is 0.407. The van der Waals surface area contributed by atoms with Gasteiger partial charge in [-0.2, -0.15) is 0 Å².